The highest BCUT2D eigenvalue weighted by atomic mass is 32.1. The molecule has 0 aliphatic heterocycles. The van der Waals surface area contributed by atoms with E-state index in [1.807, 2.05) is 45.0 Å². The molecule has 0 spiro atoms. The van der Waals surface area contributed by atoms with Crippen LogP contribution in [0.1, 0.15) is 26.4 Å². The van der Waals surface area contributed by atoms with Crippen molar-refractivity contribution in [3.05, 3.63) is 64.0 Å². The molecule has 6 nitrogen and oxygen atoms in total. The van der Waals surface area contributed by atoms with E-state index in [2.05, 4.69) is 5.32 Å². The van der Waals surface area contributed by atoms with Crippen LogP contribution in [0.4, 0.5) is 5.00 Å². The Balaban J connectivity index is 1.88. The molecule has 0 bridgehead atoms. The molecule has 7 heteroatoms. The zero-order chi connectivity index (χ0) is 22.5. The highest BCUT2D eigenvalue weighted by Crippen LogP contribution is 2.40. The number of hydrogen-bond acceptors (Lipinski definition) is 6. The summed E-state index contributed by atoms with van der Waals surface area (Å²) in [4.78, 5) is 26.1. The van der Waals surface area contributed by atoms with Gasteiger partial charge in [0.2, 0.25) is 0 Å². The summed E-state index contributed by atoms with van der Waals surface area (Å²) in [5.74, 6) is 0.114. The fraction of sp³-hybridized carbons (Fsp3) is 0.250. The molecule has 162 valence electrons. The van der Waals surface area contributed by atoms with Gasteiger partial charge in [0.1, 0.15) is 10.6 Å². The lowest BCUT2D eigenvalue weighted by molar-refractivity contribution is -0.118. The van der Waals surface area contributed by atoms with Crippen molar-refractivity contribution in [2.24, 2.45) is 0 Å². The number of amides is 1. The number of nitrogens with one attached hydrogen (secondary N) is 1. The first-order valence-corrected chi connectivity index (χ1v) is 10.5. The lowest BCUT2D eigenvalue weighted by Gasteiger charge is -2.11. The molecule has 0 saturated carbocycles. The van der Waals surface area contributed by atoms with E-state index in [4.69, 9.17) is 14.2 Å². The van der Waals surface area contributed by atoms with Crippen molar-refractivity contribution < 1.29 is 23.8 Å². The predicted octanol–water partition coefficient (Wildman–Crippen LogP) is 5.15. The number of ether oxygens (including phenoxy) is 3. The second-order valence-corrected chi connectivity index (χ2v) is 8.24. The van der Waals surface area contributed by atoms with Gasteiger partial charge in [0.05, 0.1) is 14.2 Å². The maximum absolute atomic E-state index is 12.6. The van der Waals surface area contributed by atoms with Crippen LogP contribution in [0.25, 0.3) is 11.1 Å². The molecule has 0 saturated heterocycles. The maximum atomic E-state index is 12.6. The third-order valence-electron chi connectivity index (χ3n) is 4.95. The Labute approximate surface area is 185 Å². The van der Waals surface area contributed by atoms with Gasteiger partial charge < -0.3 is 19.5 Å². The normalized spacial score (nSPS) is 10.5. The van der Waals surface area contributed by atoms with Crippen LogP contribution in [0.3, 0.4) is 0 Å². The van der Waals surface area contributed by atoms with Crippen LogP contribution >= 0.6 is 11.3 Å². The van der Waals surface area contributed by atoms with E-state index in [0.717, 1.165) is 21.6 Å². The second kappa shape index (κ2) is 9.66. The molecule has 0 unspecified atom stereocenters. The van der Waals surface area contributed by atoms with Crippen LogP contribution in [-0.4, -0.2) is 32.7 Å². The number of carbonyl (C=O) groups excluding carboxylic acids is 2. The van der Waals surface area contributed by atoms with Crippen LogP contribution in [0.2, 0.25) is 0 Å². The number of hydrogen-bond donors (Lipinski definition) is 1. The molecule has 0 radical (unpaired) electrons. The van der Waals surface area contributed by atoms with Gasteiger partial charge in [-0.25, -0.2) is 4.79 Å². The third-order valence-corrected chi connectivity index (χ3v) is 5.97. The molecule has 0 aliphatic rings. The van der Waals surface area contributed by atoms with Crippen LogP contribution in [-0.2, 0) is 9.53 Å². The van der Waals surface area contributed by atoms with Crippen molar-refractivity contribution in [3.63, 3.8) is 0 Å². The monoisotopic (exact) mass is 439 g/mol. The van der Waals surface area contributed by atoms with Gasteiger partial charge in [-0.05, 0) is 49.6 Å². The van der Waals surface area contributed by atoms with E-state index in [1.54, 1.807) is 18.2 Å². The summed E-state index contributed by atoms with van der Waals surface area (Å²) in [6.45, 7) is 5.75. The molecule has 0 fully saturated rings. The van der Waals surface area contributed by atoms with E-state index < -0.39 is 5.97 Å². The topological polar surface area (TPSA) is 73.9 Å². The quantitative estimate of drug-likeness (QED) is 0.515. The van der Waals surface area contributed by atoms with E-state index in [-0.39, 0.29) is 12.5 Å². The number of thiophene rings is 1. The van der Waals surface area contributed by atoms with Crippen molar-refractivity contribution >= 4 is 28.2 Å². The van der Waals surface area contributed by atoms with Crippen LogP contribution < -0.4 is 14.8 Å². The van der Waals surface area contributed by atoms with Crippen molar-refractivity contribution in [2.45, 2.75) is 20.8 Å². The van der Waals surface area contributed by atoms with Gasteiger partial charge in [0.25, 0.3) is 5.91 Å². The molecular formula is C24H25NO5S. The van der Waals surface area contributed by atoms with Crippen molar-refractivity contribution in [1.82, 2.24) is 0 Å². The molecular weight excluding hydrogens is 414 g/mol. The molecule has 1 amide bonds. The summed E-state index contributed by atoms with van der Waals surface area (Å²) in [5.41, 5.74) is 4.30. The molecule has 0 aliphatic carbocycles. The average Bonchev–Trinajstić information content (AvgIpc) is 3.09. The molecule has 2 aromatic carbocycles. The number of aryl methyl sites for hydroxylation is 3. The Hall–Kier alpha value is -3.32. The number of carbonyl (C=O) groups is 2. The predicted molar refractivity (Wildman–Crippen MR) is 122 cm³/mol. The number of anilines is 1. The minimum absolute atomic E-state index is 0.225. The lowest BCUT2D eigenvalue weighted by Crippen LogP contribution is -2.21. The first kappa shape index (κ1) is 22.4. The van der Waals surface area contributed by atoms with E-state index in [1.165, 1.54) is 31.1 Å². The Morgan fingerprint density at radius 1 is 0.968 bits per heavy atom. The van der Waals surface area contributed by atoms with Crippen LogP contribution in [0.5, 0.6) is 11.5 Å². The number of esters is 1. The minimum atomic E-state index is -0.501. The molecule has 1 N–H and O–H groups in total. The molecule has 31 heavy (non-hydrogen) atoms. The minimum Gasteiger partial charge on any atom is -0.493 e. The SMILES string of the molecule is COC(=O)c1c(NC(=O)COc2ccccc2OC)sc(C)c1-c1ccc(C)c(C)c1. The number of para-hydroxylation sites is 2. The Kier molecular flexibility index (Phi) is 6.97. The van der Waals surface area contributed by atoms with E-state index in [9.17, 15) is 9.59 Å². The van der Waals surface area contributed by atoms with Gasteiger partial charge in [0.15, 0.2) is 18.1 Å². The van der Waals surface area contributed by atoms with Gasteiger partial charge in [0, 0.05) is 10.4 Å². The molecule has 3 aromatic rings. The van der Waals surface area contributed by atoms with Gasteiger partial charge in [-0.15, -0.1) is 11.3 Å². The fourth-order valence-electron chi connectivity index (χ4n) is 3.22. The number of benzene rings is 2. The largest absolute Gasteiger partial charge is 0.493 e. The summed E-state index contributed by atoms with van der Waals surface area (Å²) in [7, 11) is 2.86. The first-order valence-electron chi connectivity index (χ1n) is 9.70. The summed E-state index contributed by atoms with van der Waals surface area (Å²) in [6.07, 6.45) is 0. The standard InChI is InChI=1S/C24H25NO5S/c1-14-10-11-17(12-15(14)2)21-16(3)31-23(22(21)24(27)29-5)25-20(26)13-30-19-9-7-6-8-18(19)28-4/h6-12H,13H2,1-5H3,(H,25,26). The summed E-state index contributed by atoms with van der Waals surface area (Å²) in [5, 5.41) is 3.24. The van der Waals surface area contributed by atoms with Crippen molar-refractivity contribution in [1.29, 1.82) is 0 Å². The molecule has 3 rings (SSSR count). The number of rotatable bonds is 7. The Morgan fingerprint density at radius 3 is 2.32 bits per heavy atom. The highest BCUT2D eigenvalue weighted by Gasteiger charge is 2.25. The zero-order valence-electron chi connectivity index (χ0n) is 18.2. The van der Waals surface area contributed by atoms with Crippen molar-refractivity contribution in [3.8, 4) is 22.6 Å². The van der Waals surface area contributed by atoms with Gasteiger partial charge in [-0.1, -0.05) is 30.3 Å². The summed E-state index contributed by atoms with van der Waals surface area (Å²) < 4.78 is 15.8. The number of methoxy groups -OCH3 is 2. The smallest absolute Gasteiger partial charge is 0.341 e. The summed E-state index contributed by atoms with van der Waals surface area (Å²) >= 11 is 1.33. The van der Waals surface area contributed by atoms with Gasteiger partial charge in [-0.3, -0.25) is 4.79 Å². The lowest BCUT2D eigenvalue weighted by atomic mass is 9.97. The Morgan fingerprint density at radius 2 is 1.68 bits per heavy atom. The zero-order valence-corrected chi connectivity index (χ0v) is 19.0. The van der Waals surface area contributed by atoms with Gasteiger partial charge in [-0.2, -0.15) is 0 Å². The van der Waals surface area contributed by atoms with Crippen LogP contribution in [0, 0.1) is 20.8 Å². The first-order chi connectivity index (χ1) is 14.8. The van der Waals surface area contributed by atoms with E-state index >= 15 is 0 Å². The summed E-state index contributed by atoms with van der Waals surface area (Å²) in [6, 6.07) is 13.1. The highest BCUT2D eigenvalue weighted by molar-refractivity contribution is 7.17. The maximum Gasteiger partial charge on any atom is 0.341 e. The molecule has 1 heterocycles. The van der Waals surface area contributed by atoms with Crippen LogP contribution in [0.15, 0.2) is 42.5 Å². The average molecular weight is 440 g/mol. The molecule has 1 aromatic heterocycles. The third kappa shape index (κ3) is 4.88. The Bertz CT molecular complexity index is 1120. The second-order valence-electron chi connectivity index (χ2n) is 7.02. The van der Waals surface area contributed by atoms with E-state index in [0.29, 0.717) is 22.1 Å². The fourth-order valence-corrected chi connectivity index (χ4v) is 4.30. The van der Waals surface area contributed by atoms with Crippen molar-refractivity contribution in [2.75, 3.05) is 26.1 Å². The molecule has 0 atom stereocenters. The van der Waals surface area contributed by atoms with Gasteiger partial charge >= 0.3 is 5.97 Å².